The number of hydrogen-bond acceptors (Lipinski definition) is 3. The van der Waals surface area contributed by atoms with Crippen LogP contribution in [0.2, 0.25) is 0 Å². The van der Waals surface area contributed by atoms with Crippen molar-refractivity contribution in [3.05, 3.63) is 0 Å². The average Bonchev–Trinajstić information content (AvgIpc) is 2.34. The summed E-state index contributed by atoms with van der Waals surface area (Å²) in [6.07, 6.45) is 0.541. The molecule has 1 amide bonds. The van der Waals surface area contributed by atoms with Gasteiger partial charge in [-0.25, -0.2) is 0 Å². The van der Waals surface area contributed by atoms with Crippen LogP contribution in [0.4, 0.5) is 0 Å². The Balaban J connectivity index is 2.35. The maximum atomic E-state index is 10.6. The molecule has 0 unspecified atom stereocenters. The molecule has 1 saturated heterocycles. The number of carbonyl (C=O) groups excluding carboxylic acids is 1. The number of amides is 1. The molecule has 1 heterocycles. The van der Waals surface area contributed by atoms with Gasteiger partial charge in [-0.05, 0) is 6.42 Å². The molecule has 12 heavy (non-hydrogen) atoms. The van der Waals surface area contributed by atoms with E-state index >= 15 is 0 Å². The Kier molecular flexibility index (Phi) is 2.97. The molecule has 2 atom stereocenters. The third-order valence-corrected chi connectivity index (χ3v) is 3.07. The molecule has 1 aliphatic rings. The zero-order valence-corrected chi connectivity index (χ0v) is 7.56. The van der Waals surface area contributed by atoms with Gasteiger partial charge >= 0.3 is 5.97 Å². The summed E-state index contributed by atoms with van der Waals surface area (Å²) in [4.78, 5) is 21.1. The van der Waals surface area contributed by atoms with Crippen molar-refractivity contribution in [1.82, 2.24) is 5.32 Å². The molecule has 68 valence electrons. The van der Waals surface area contributed by atoms with Crippen LogP contribution in [0.3, 0.4) is 0 Å². The highest BCUT2D eigenvalue weighted by Crippen LogP contribution is 2.26. The van der Waals surface area contributed by atoms with Gasteiger partial charge in [0.25, 0.3) is 0 Å². The molecule has 2 N–H and O–H groups in total. The Morgan fingerprint density at radius 1 is 1.58 bits per heavy atom. The molecule has 0 bridgehead atoms. The number of carbonyl (C=O) groups is 2. The minimum absolute atomic E-state index is 0.0357. The number of carboxylic acid groups (broad SMARTS) is 1. The molecule has 5 heteroatoms. The highest BCUT2D eigenvalue weighted by Gasteiger charge is 2.30. The van der Waals surface area contributed by atoms with Crippen LogP contribution < -0.4 is 5.32 Å². The van der Waals surface area contributed by atoms with Crippen molar-refractivity contribution < 1.29 is 14.7 Å². The number of aliphatic carboxylic acids is 1. The SMILES string of the molecule is CC(=O)N[C@@H]1CS[C@H](C(=O)O)C1. The van der Waals surface area contributed by atoms with Crippen molar-refractivity contribution in [1.29, 1.82) is 0 Å². The van der Waals surface area contributed by atoms with E-state index in [1.165, 1.54) is 18.7 Å². The summed E-state index contributed by atoms with van der Waals surface area (Å²) in [6, 6.07) is 0.0357. The van der Waals surface area contributed by atoms with Gasteiger partial charge in [0.15, 0.2) is 0 Å². The van der Waals surface area contributed by atoms with Gasteiger partial charge in [0.1, 0.15) is 5.25 Å². The predicted octanol–water partition coefficient (Wildman–Crippen LogP) is 0.0812. The lowest BCUT2D eigenvalue weighted by atomic mass is 10.2. The number of carboxylic acids is 1. The number of thioether (sulfide) groups is 1. The fourth-order valence-electron chi connectivity index (χ4n) is 1.19. The fourth-order valence-corrected chi connectivity index (χ4v) is 2.38. The van der Waals surface area contributed by atoms with Crippen molar-refractivity contribution in [3.63, 3.8) is 0 Å². The van der Waals surface area contributed by atoms with Gasteiger partial charge in [-0.1, -0.05) is 0 Å². The average molecular weight is 189 g/mol. The Bertz CT molecular complexity index is 207. The largest absolute Gasteiger partial charge is 0.480 e. The first-order valence-electron chi connectivity index (χ1n) is 3.71. The van der Waals surface area contributed by atoms with Crippen LogP contribution in [0.1, 0.15) is 13.3 Å². The van der Waals surface area contributed by atoms with Crippen LogP contribution in [0.15, 0.2) is 0 Å². The zero-order chi connectivity index (χ0) is 9.14. The normalized spacial score (nSPS) is 28.4. The molecule has 1 rings (SSSR count). The second-order valence-corrected chi connectivity index (χ2v) is 4.03. The van der Waals surface area contributed by atoms with E-state index in [0.717, 1.165) is 0 Å². The summed E-state index contributed by atoms with van der Waals surface area (Å²) in [6.45, 7) is 1.44. The summed E-state index contributed by atoms with van der Waals surface area (Å²) in [5.74, 6) is -0.171. The first-order chi connectivity index (χ1) is 5.59. The second kappa shape index (κ2) is 3.80. The third kappa shape index (κ3) is 2.41. The first kappa shape index (κ1) is 9.38. The zero-order valence-electron chi connectivity index (χ0n) is 6.74. The summed E-state index contributed by atoms with van der Waals surface area (Å²) >= 11 is 1.39. The topological polar surface area (TPSA) is 66.4 Å². The predicted molar refractivity (Wildman–Crippen MR) is 46.1 cm³/mol. The molecule has 0 aromatic heterocycles. The molecular weight excluding hydrogens is 178 g/mol. The molecule has 1 aliphatic heterocycles. The molecule has 0 radical (unpaired) electrons. The highest BCUT2D eigenvalue weighted by atomic mass is 32.2. The molecule has 0 spiro atoms. The van der Waals surface area contributed by atoms with Gasteiger partial charge in [0.2, 0.25) is 5.91 Å². The van der Waals surface area contributed by atoms with Crippen LogP contribution in [-0.2, 0) is 9.59 Å². The summed E-state index contributed by atoms with van der Waals surface area (Å²) in [5.41, 5.74) is 0. The summed E-state index contributed by atoms with van der Waals surface area (Å²) in [7, 11) is 0. The van der Waals surface area contributed by atoms with Crippen LogP contribution >= 0.6 is 11.8 Å². The fraction of sp³-hybridized carbons (Fsp3) is 0.714. The van der Waals surface area contributed by atoms with E-state index in [1.807, 2.05) is 0 Å². The smallest absolute Gasteiger partial charge is 0.316 e. The Morgan fingerprint density at radius 3 is 2.67 bits per heavy atom. The minimum atomic E-state index is -0.784. The van der Waals surface area contributed by atoms with Crippen molar-refractivity contribution in [2.75, 3.05) is 5.75 Å². The maximum absolute atomic E-state index is 10.6. The molecular formula is C7H11NO3S. The van der Waals surface area contributed by atoms with Crippen molar-refractivity contribution >= 4 is 23.6 Å². The Hall–Kier alpha value is -0.710. The van der Waals surface area contributed by atoms with E-state index in [-0.39, 0.29) is 17.2 Å². The number of hydrogen-bond donors (Lipinski definition) is 2. The van der Waals surface area contributed by atoms with Gasteiger partial charge in [0.05, 0.1) is 0 Å². The third-order valence-electron chi connectivity index (χ3n) is 1.68. The lowest BCUT2D eigenvalue weighted by molar-refractivity contribution is -0.136. The minimum Gasteiger partial charge on any atom is -0.480 e. The van der Waals surface area contributed by atoms with Crippen LogP contribution in [0.25, 0.3) is 0 Å². The van der Waals surface area contributed by atoms with Crippen LogP contribution in [0.5, 0.6) is 0 Å². The summed E-state index contributed by atoms with van der Waals surface area (Å²) in [5, 5.41) is 11.0. The number of nitrogens with one attached hydrogen (secondary N) is 1. The van der Waals surface area contributed by atoms with E-state index < -0.39 is 5.97 Å². The summed E-state index contributed by atoms with van der Waals surface area (Å²) < 4.78 is 0. The van der Waals surface area contributed by atoms with Gasteiger partial charge in [-0.2, -0.15) is 0 Å². The first-order valence-corrected chi connectivity index (χ1v) is 4.76. The lowest BCUT2D eigenvalue weighted by Crippen LogP contribution is -2.33. The molecule has 0 aliphatic carbocycles. The van der Waals surface area contributed by atoms with Gasteiger partial charge < -0.3 is 10.4 Å². The molecule has 0 saturated carbocycles. The van der Waals surface area contributed by atoms with Crippen LogP contribution in [-0.4, -0.2) is 34.0 Å². The standard InChI is InChI=1S/C7H11NO3S/c1-4(9)8-5-2-6(7(10)11)12-3-5/h5-6H,2-3H2,1H3,(H,8,9)(H,10,11)/t5-,6-/m0/s1. The molecule has 0 aromatic carbocycles. The molecule has 4 nitrogen and oxygen atoms in total. The van der Waals surface area contributed by atoms with Gasteiger partial charge in [-0.3, -0.25) is 9.59 Å². The van der Waals surface area contributed by atoms with E-state index in [1.54, 1.807) is 0 Å². The van der Waals surface area contributed by atoms with Crippen molar-refractivity contribution in [2.24, 2.45) is 0 Å². The van der Waals surface area contributed by atoms with E-state index in [4.69, 9.17) is 5.11 Å². The van der Waals surface area contributed by atoms with E-state index in [9.17, 15) is 9.59 Å². The second-order valence-electron chi connectivity index (χ2n) is 2.79. The maximum Gasteiger partial charge on any atom is 0.316 e. The quantitative estimate of drug-likeness (QED) is 0.645. The van der Waals surface area contributed by atoms with Crippen molar-refractivity contribution in [3.8, 4) is 0 Å². The van der Waals surface area contributed by atoms with Gasteiger partial charge in [0, 0.05) is 18.7 Å². The highest BCUT2D eigenvalue weighted by molar-refractivity contribution is 8.00. The monoisotopic (exact) mass is 189 g/mol. The Morgan fingerprint density at radius 2 is 2.25 bits per heavy atom. The Labute approximate surface area is 74.7 Å². The number of rotatable bonds is 2. The van der Waals surface area contributed by atoms with Gasteiger partial charge in [-0.15, -0.1) is 11.8 Å². The molecule has 1 fully saturated rings. The van der Waals surface area contributed by atoms with Crippen LogP contribution in [0, 0.1) is 0 Å². The van der Waals surface area contributed by atoms with E-state index in [2.05, 4.69) is 5.32 Å². The van der Waals surface area contributed by atoms with Crippen molar-refractivity contribution in [2.45, 2.75) is 24.6 Å². The lowest BCUT2D eigenvalue weighted by Gasteiger charge is -2.08. The van der Waals surface area contributed by atoms with E-state index in [0.29, 0.717) is 12.2 Å². The molecule has 0 aromatic rings.